The van der Waals surface area contributed by atoms with Crippen molar-refractivity contribution < 1.29 is 19.4 Å². The molecule has 26 heavy (non-hydrogen) atoms. The van der Waals surface area contributed by atoms with Gasteiger partial charge in [-0.25, -0.2) is 0 Å². The van der Waals surface area contributed by atoms with Crippen molar-refractivity contribution in [1.82, 2.24) is 5.06 Å². The summed E-state index contributed by atoms with van der Waals surface area (Å²) in [7, 11) is 3.10. The van der Waals surface area contributed by atoms with Gasteiger partial charge in [0.15, 0.2) is 11.5 Å². The van der Waals surface area contributed by atoms with Crippen LogP contribution >= 0.6 is 0 Å². The normalized spacial score (nSPS) is 23.3. The lowest BCUT2D eigenvalue weighted by Crippen LogP contribution is -2.46. The molecule has 0 radical (unpaired) electrons. The Balaban J connectivity index is 2.18. The minimum Gasteiger partial charge on any atom is -0.622 e. The molecule has 1 aliphatic rings. The summed E-state index contributed by atoms with van der Waals surface area (Å²) in [5, 5.41) is 25.5. The van der Waals surface area contributed by atoms with Gasteiger partial charge in [-0.1, -0.05) is 25.1 Å². The molecule has 0 aromatic heterocycles. The zero-order valence-corrected chi connectivity index (χ0v) is 15.5. The van der Waals surface area contributed by atoms with E-state index in [0.717, 1.165) is 15.4 Å². The first-order valence-corrected chi connectivity index (χ1v) is 8.59. The van der Waals surface area contributed by atoms with Crippen molar-refractivity contribution in [2.45, 2.75) is 32.0 Å². The highest BCUT2D eigenvalue weighted by Gasteiger charge is 2.55. The second-order valence-electron chi connectivity index (χ2n) is 6.40. The summed E-state index contributed by atoms with van der Waals surface area (Å²) in [5.41, 5.74) is 0.702. The van der Waals surface area contributed by atoms with Crippen LogP contribution in [0.25, 0.3) is 0 Å². The molecule has 6 nitrogen and oxygen atoms in total. The van der Waals surface area contributed by atoms with Crippen LogP contribution in [-0.4, -0.2) is 41.0 Å². The molecule has 2 aromatic carbocycles. The van der Waals surface area contributed by atoms with E-state index >= 15 is 0 Å². The summed E-state index contributed by atoms with van der Waals surface area (Å²) in [6, 6.07) is 14.3. The number of hydrogen-bond donors (Lipinski definition) is 1. The third-order valence-electron chi connectivity index (χ3n) is 5.06. The van der Waals surface area contributed by atoms with Gasteiger partial charge in [-0.15, -0.1) is 5.06 Å². The fourth-order valence-corrected chi connectivity index (χ4v) is 3.55. The fourth-order valence-electron chi connectivity index (χ4n) is 3.55. The molecule has 1 aliphatic heterocycles. The molecule has 2 unspecified atom stereocenters. The molecule has 0 fully saturated rings. The Morgan fingerprint density at radius 1 is 1.12 bits per heavy atom. The van der Waals surface area contributed by atoms with E-state index in [4.69, 9.17) is 9.47 Å². The van der Waals surface area contributed by atoms with Crippen molar-refractivity contribution in [2.24, 2.45) is 0 Å². The number of nitrogens with zero attached hydrogens (tertiary/aromatic N) is 2. The summed E-state index contributed by atoms with van der Waals surface area (Å²) < 4.78 is 11.5. The standard InChI is InChI=1S/C20H24N2O4/c1-5-16-19(14-9-7-6-8-10-14)22(24)20(2,21(16)23)15-11-12-17(25-3)18(13-15)26-4/h6-13,16,23H,5H2,1-4H3. The molecule has 1 heterocycles. The highest BCUT2D eigenvalue weighted by atomic mass is 16.6. The van der Waals surface area contributed by atoms with Crippen LogP contribution in [0.4, 0.5) is 0 Å². The van der Waals surface area contributed by atoms with Crippen LogP contribution in [0, 0.1) is 5.21 Å². The summed E-state index contributed by atoms with van der Waals surface area (Å²) >= 11 is 0. The average molecular weight is 356 g/mol. The van der Waals surface area contributed by atoms with Gasteiger partial charge in [0.05, 0.1) is 14.2 Å². The molecule has 3 rings (SSSR count). The molecule has 0 amide bonds. The van der Waals surface area contributed by atoms with Crippen LogP contribution in [0.5, 0.6) is 11.5 Å². The molecule has 0 bridgehead atoms. The predicted molar refractivity (Wildman–Crippen MR) is 98.8 cm³/mol. The zero-order chi connectivity index (χ0) is 18.9. The van der Waals surface area contributed by atoms with E-state index in [0.29, 0.717) is 29.2 Å². The molecule has 0 saturated heterocycles. The lowest BCUT2D eigenvalue weighted by Gasteiger charge is -2.30. The minimum atomic E-state index is -1.27. The molecular weight excluding hydrogens is 332 g/mol. The maximum atomic E-state index is 13.4. The number of methoxy groups -OCH3 is 2. The fraction of sp³-hybridized carbons (Fsp3) is 0.350. The lowest BCUT2D eigenvalue weighted by molar-refractivity contribution is -0.595. The number of rotatable bonds is 5. The van der Waals surface area contributed by atoms with Crippen LogP contribution in [0.2, 0.25) is 0 Å². The van der Waals surface area contributed by atoms with Gasteiger partial charge in [0.25, 0.3) is 5.66 Å². The Hall–Kier alpha value is -2.57. The van der Waals surface area contributed by atoms with Gasteiger partial charge in [0.1, 0.15) is 6.04 Å². The number of benzene rings is 2. The first-order chi connectivity index (χ1) is 12.5. The summed E-state index contributed by atoms with van der Waals surface area (Å²) in [6.45, 7) is 3.66. The second kappa shape index (κ2) is 6.97. The highest BCUT2D eigenvalue weighted by Crippen LogP contribution is 2.40. The second-order valence-corrected chi connectivity index (χ2v) is 6.40. The summed E-state index contributed by atoms with van der Waals surface area (Å²) in [5.74, 6) is 1.08. The van der Waals surface area contributed by atoms with Crippen molar-refractivity contribution in [3.05, 3.63) is 64.9 Å². The SMILES string of the molecule is CCC1C(c2ccccc2)=[N+]([O-])C(C)(c2ccc(OC)c(OC)c2)N1O. The van der Waals surface area contributed by atoms with Gasteiger partial charge in [0, 0.05) is 18.1 Å². The van der Waals surface area contributed by atoms with Crippen molar-refractivity contribution >= 4 is 5.71 Å². The van der Waals surface area contributed by atoms with Crippen LogP contribution in [0.3, 0.4) is 0 Å². The average Bonchev–Trinajstić information content (AvgIpc) is 2.89. The molecule has 2 aromatic rings. The molecule has 138 valence electrons. The smallest absolute Gasteiger partial charge is 0.274 e. The van der Waals surface area contributed by atoms with Gasteiger partial charge in [0.2, 0.25) is 5.71 Å². The van der Waals surface area contributed by atoms with Crippen molar-refractivity contribution in [1.29, 1.82) is 0 Å². The molecule has 0 spiro atoms. The third kappa shape index (κ3) is 2.62. The zero-order valence-electron chi connectivity index (χ0n) is 15.5. The predicted octanol–water partition coefficient (Wildman–Crippen LogP) is 3.36. The lowest BCUT2D eigenvalue weighted by atomic mass is 10.00. The first-order valence-electron chi connectivity index (χ1n) is 8.59. The number of hydroxylamine groups is 3. The third-order valence-corrected chi connectivity index (χ3v) is 5.06. The van der Waals surface area contributed by atoms with E-state index < -0.39 is 11.7 Å². The maximum Gasteiger partial charge on any atom is 0.274 e. The van der Waals surface area contributed by atoms with Crippen LogP contribution in [0.15, 0.2) is 48.5 Å². The number of hydrogen-bond acceptors (Lipinski definition) is 5. The molecule has 1 N–H and O–H groups in total. The Morgan fingerprint density at radius 2 is 1.77 bits per heavy atom. The maximum absolute atomic E-state index is 13.4. The van der Waals surface area contributed by atoms with Gasteiger partial charge in [-0.3, -0.25) is 0 Å². The van der Waals surface area contributed by atoms with Crippen LogP contribution < -0.4 is 9.47 Å². The largest absolute Gasteiger partial charge is 0.622 e. The highest BCUT2D eigenvalue weighted by molar-refractivity contribution is 6.01. The van der Waals surface area contributed by atoms with Gasteiger partial charge in [-0.05, 0) is 36.8 Å². The quantitative estimate of drug-likeness (QED) is 0.657. The van der Waals surface area contributed by atoms with E-state index in [1.165, 1.54) is 0 Å². The van der Waals surface area contributed by atoms with Crippen molar-refractivity contribution in [3.63, 3.8) is 0 Å². The number of ether oxygens (including phenoxy) is 2. The Morgan fingerprint density at radius 3 is 2.35 bits per heavy atom. The van der Waals surface area contributed by atoms with Crippen LogP contribution in [0.1, 0.15) is 31.4 Å². The monoisotopic (exact) mass is 356 g/mol. The summed E-state index contributed by atoms with van der Waals surface area (Å²) in [4.78, 5) is 0. The Labute approximate surface area is 153 Å². The van der Waals surface area contributed by atoms with Crippen LogP contribution in [-0.2, 0) is 5.66 Å². The van der Waals surface area contributed by atoms with Crippen molar-refractivity contribution in [2.75, 3.05) is 14.2 Å². The van der Waals surface area contributed by atoms with E-state index in [2.05, 4.69) is 0 Å². The molecular formula is C20H24N2O4. The van der Waals surface area contributed by atoms with E-state index in [-0.39, 0.29) is 0 Å². The van der Waals surface area contributed by atoms with Gasteiger partial charge < -0.3 is 19.9 Å². The van der Waals surface area contributed by atoms with E-state index in [1.54, 1.807) is 39.3 Å². The van der Waals surface area contributed by atoms with E-state index in [1.807, 2.05) is 37.3 Å². The molecule has 2 atom stereocenters. The van der Waals surface area contributed by atoms with Gasteiger partial charge in [-0.2, -0.15) is 4.74 Å². The van der Waals surface area contributed by atoms with E-state index in [9.17, 15) is 10.4 Å². The van der Waals surface area contributed by atoms with Gasteiger partial charge >= 0.3 is 0 Å². The molecule has 6 heteroatoms. The Kier molecular flexibility index (Phi) is 4.89. The molecule has 0 aliphatic carbocycles. The summed E-state index contributed by atoms with van der Waals surface area (Å²) in [6.07, 6.45) is 0.600. The minimum absolute atomic E-state index is 0.409. The van der Waals surface area contributed by atoms with Crippen molar-refractivity contribution in [3.8, 4) is 11.5 Å². The Bertz CT molecular complexity index is 822. The topological polar surface area (TPSA) is 68.0 Å². The molecule has 0 saturated carbocycles. The first kappa shape index (κ1) is 18.2.